The second kappa shape index (κ2) is 5.87. The van der Waals surface area contributed by atoms with Crippen LogP contribution in [0.2, 0.25) is 10.0 Å². The lowest BCUT2D eigenvalue weighted by Crippen LogP contribution is -1.89. The monoisotopic (exact) mass is 430 g/mol. The highest BCUT2D eigenvalue weighted by atomic mass is 127. The third-order valence-corrected chi connectivity index (χ3v) is 4.82. The molecule has 0 unspecified atom stereocenters. The molecule has 0 aliphatic rings. The number of nitrogen functional groups attached to an aromatic ring is 1. The molecule has 3 rings (SSSR count). The first-order chi connectivity index (χ1) is 10.1. The van der Waals surface area contributed by atoms with Gasteiger partial charge in [0.2, 0.25) is 0 Å². The molecule has 6 heteroatoms. The normalized spacial score (nSPS) is 10.8. The van der Waals surface area contributed by atoms with Crippen LogP contribution in [0.25, 0.3) is 22.5 Å². The van der Waals surface area contributed by atoms with E-state index < -0.39 is 0 Å². The fourth-order valence-electron chi connectivity index (χ4n) is 2.06. The van der Waals surface area contributed by atoms with Gasteiger partial charge in [-0.15, -0.1) is 0 Å². The minimum absolute atomic E-state index is 0.321. The van der Waals surface area contributed by atoms with Crippen molar-refractivity contribution in [3.05, 3.63) is 56.1 Å². The number of nitrogens with two attached hydrogens (primary N) is 1. The molecule has 0 aliphatic heterocycles. The smallest absolute Gasteiger partial charge is 0.176 e. The van der Waals surface area contributed by atoms with Crippen LogP contribution in [-0.2, 0) is 0 Å². The second-order valence-corrected chi connectivity index (χ2v) is 6.42. The van der Waals surface area contributed by atoms with Crippen LogP contribution in [0.15, 0.2) is 47.0 Å². The van der Waals surface area contributed by atoms with Crippen molar-refractivity contribution in [3.63, 3.8) is 0 Å². The van der Waals surface area contributed by atoms with Crippen LogP contribution >= 0.6 is 45.8 Å². The maximum absolute atomic E-state index is 6.17. The predicted molar refractivity (Wildman–Crippen MR) is 94.5 cm³/mol. The van der Waals surface area contributed by atoms with E-state index in [1.54, 1.807) is 6.07 Å². The van der Waals surface area contributed by atoms with Crippen LogP contribution in [0.4, 0.5) is 5.82 Å². The van der Waals surface area contributed by atoms with Crippen LogP contribution in [-0.4, -0.2) is 5.16 Å². The van der Waals surface area contributed by atoms with Gasteiger partial charge in [-0.1, -0.05) is 40.5 Å². The molecule has 2 aromatic carbocycles. The number of anilines is 1. The minimum Gasteiger partial charge on any atom is -0.380 e. The molecule has 3 aromatic rings. The van der Waals surface area contributed by atoms with Crippen molar-refractivity contribution in [2.45, 2.75) is 0 Å². The molecule has 21 heavy (non-hydrogen) atoms. The average molecular weight is 431 g/mol. The number of benzene rings is 2. The van der Waals surface area contributed by atoms with Gasteiger partial charge in [0, 0.05) is 14.2 Å². The Kier molecular flexibility index (Phi) is 4.10. The van der Waals surface area contributed by atoms with Crippen molar-refractivity contribution in [3.8, 4) is 22.5 Å². The molecule has 1 heterocycles. The summed E-state index contributed by atoms with van der Waals surface area (Å²) >= 11 is 14.4. The van der Waals surface area contributed by atoms with E-state index in [-0.39, 0.29) is 0 Å². The number of halogens is 3. The first-order valence-electron chi connectivity index (χ1n) is 6.03. The van der Waals surface area contributed by atoms with E-state index in [1.165, 1.54) is 0 Å². The summed E-state index contributed by atoms with van der Waals surface area (Å²) in [5.74, 6) is 0.898. The van der Waals surface area contributed by atoms with Gasteiger partial charge in [-0.25, -0.2) is 0 Å². The molecule has 0 bridgehead atoms. The summed E-state index contributed by atoms with van der Waals surface area (Å²) in [4.78, 5) is 0. The topological polar surface area (TPSA) is 52.0 Å². The molecule has 0 aliphatic carbocycles. The highest BCUT2D eigenvalue weighted by molar-refractivity contribution is 14.1. The molecular formula is C15H9Cl2IN2O. The summed E-state index contributed by atoms with van der Waals surface area (Å²) in [6.45, 7) is 0. The van der Waals surface area contributed by atoms with Gasteiger partial charge in [-0.3, -0.25) is 0 Å². The molecule has 0 amide bonds. The maximum atomic E-state index is 6.17. The number of aromatic nitrogens is 1. The van der Waals surface area contributed by atoms with Crippen molar-refractivity contribution in [1.29, 1.82) is 0 Å². The van der Waals surface area contributed by atoms with Crippen LogP contribution in [0.1, 0.15) is 0 Å². The van der Waals surface area contributed by atoms with Crippen LogP contribution < -0.4 is 5.73 Å². The summed E-state index contributed by atoms with van der Waals surface area (Å²) in [5.41, 5.74) is 8.34. The van der Waals surface area contributed by atoms with Gasteiger partial charge in [0.25, 0.3) is 0 Å². The van der Waals surface area contributed by atoms with Gasteiger partial charge in [0.05, 0.1) is 10.6 Å². The van der Waals surface area contributed by atoms with Crippen LogP contribution in [0.3, 0.4) is 0 Å². The predicted octanol–water partition coefficient (Wildman–Crippen LogP) is 5.50. The van der Waals surface area contributed by atoms with Gasteiger partial charge in [0.1, 0.15) is 0 Å². The van der Waals surface area contributed by atoms with Crippen molar-refractivity contribution in [2.24, 2.45) is 0 Å². The lowest BCUT2D eigenvalue weighted by atomic mass is 10.0. The van der Waals surface area contributed by atoms with Gasteiger partial charge in [-0.2, -0.15) is 0 Å². The van der Waals surface area contributed by atoms with E-state index in [2.05, 4.69) is 27.7 Å². The Bertz CT molecular complexity index is 817. The molecule has 0 atom stereocenters. The molecule has 0 radical (unpaired) electrons. The van der Waals surface area contributed by atoms with E-state index in [4.69, 9.17) is 33.5 Å². The van der Waals surface area contributed by atoms with Crippen LogP contribution in [0, 0.1) is 3.57 Å². The lowest BCUT2D eigenvalue weighted by molar-refractivity contribution is 0.436. The van der Waals surface area contributed by atoms with Crippen molar-refractivity contribution in [2.75, 3.05) is 5.73 Å². The van der Waals surface area contributed by atoms with Crippen molar-refractivity contribution in [1.82, 2.24) is 5.16 Å². The summed E-state index contributed by atoms with van der Waals surface area (Å²) in [7, 11) is 0. The summed E-state index contributed by atoms with van der Waals surface area (Å²) in [6, 6.07) is 13.1. The van der Waals surface area contributed by atoms with Gasteiger partial charge in [-0.05, 0) is 58.5 Å². The third kappa shape index (κ3) is 2.88. The Labute approximate surface area is 145 Å². The van der Waals surface area contributed by atoms with Gasteiger partial charge in [0.15, 0.2) is 11.6 Å². The van der Waals surface area contributed by atoms with Crippen molar-refractivity contribution < 1.29 is 4.52 Å². The Hall–Kier alpha value is -1.24. The van der Waals surface area contributed by atoms with E-state index in [9.17, 15) is 0 Å². The zero-order valence-corrected chi connectivity index (χ0v) is 14.3. The molecule has 1 aromatic heterocycles. The summed E-state index contributed by atoms with van der Waals surface area (Å²) in [6.07, 6.45) is 0. The lowest BCUT2D eigenvalue weighted by Gasteiger charge is -2.04. The SMILES string of the molecule is Nc1noc(-c2ccc(I)c(Cl)c2)c1-c1cccc(Cl)c1. The highest BCUT2D eigenvalue weighted by Crippen LogP contribution is 2.38. The number of rotatable bonds is 2. The first kappa shape index (κ1) is 14.7. The van der Waals surface area contributed by atoms with Crippen molar-refractivity contribution >= 4 is 51.6 Å². The number of nitrogens with zero attached hydrogens (tertiary/aromatic N) is 1. The fourth-order valence-corrected chi connectivity index (χ4v) is 2.77. The quantitative estimate of drug-likeness (QED) is 0.546. The van der Waals surface area contributed by atoms with E-state index in [0.29, 0.717) is 21.6 Å². The molecule has 0 fully saturated rings. The molecular weight excluding hydrogens is 422 g/mol. The second-order valence-electron chi connectivity index (χ2n) is 4.41. The Morgan fingerprint density at radius 2 is 1.86 bits per heavy atom. The Morgan fingerprint density at radius 1 is 1.05 bits per heavy atom. The average Bonchev–Trinajstić information content (AvgIpc) is 2.84. The molecule has 0 saturated carbocycles. The van der Waals surface area contributed by atoms with E-state index in [0.717, 1.165) is 20.3 Å². The summed E-state index contributed by atoms with van der Waals surface area (Å²) < 4.78 is 6.36. The molecule has 2 N–H and O–H groups in total. The largest absolute Gasteiger partial charge is 0.380 e. The Balaban J connectivity index is 2.19. The Morgan fingerprint density at radius 3 is 2.57 bits per heavy atom. The minimum atomic E-state index is 0.321. The molecule has 0 saturated heterocycles. The maximum Gasteiger partial charge on any atom is 0.176 e. The van der Waals surface area contributed by atoms with E-state index in [1.807, 2.05) is 36.4 Å². The van der Waals surface area contributed by atoms with E-state index >= 15 is 0 Å². The van der Waals surface area contributed by atoms with Crippen LogP contribution in [0.5, 0.6) is 0 Å². The highest BCUT2D eigenvalue weighted by Gasteiger charge is 2.18. The van der Waals surface area contributed by atoms with Gasteiger partial charge >= 0.3 is 0 Å². The molecule has 0 spiro atoms. The molecule has 3 nitrogen and oxygen atoms in total. The summed E-state index contributed by atoms with van der Waals surface area (Å²) in [5, 5.41) is 5.14. The zero-order valence-electron chi connectivity index (χ0n) is 10.6. The number of hydrogen-bond donors (Lipinski definition) is 1. The zero-order chi connectivity index (χ0) is 15.0. The van der Waals surface area contributed by atoms with Gasteiger partial charge < -0.3 is 10.3 Å². The molecule has 106 valence electrons. The standard InChI is InChI=1S/C15H9Cl2IN2O/c16-10-3-1-2-8(6-10)13-14(21-20-15(13)19)9-4-5-12(18)11(17)7-9/h1-7H,(H2,19,20). The number of hydrogen-bond acceptors (Lipinski definition) is 3. The first-order valence-corrected chi connectivity index (χ1v) is 7.86. The third-order valence-electron chi connectivity index (χ3n) is 3.01. The fraction of sp³-hybridized carbons (Fsp3) is 0.